The molecule has 0 spiro atoms. The Morgan fingerprint density at radius 2 is 0.847 bits per heavy atom. The summed E-state index contributed by atoms with van der Waals surface area (Å²) in [5.41, 5.74) is 8.17. The molecule has 0 aliphatic heterocycles. The van der Waals surface area contributed by atoms with Gasteiger partial charge in [0, 0.05) is 27.1 Å². The molecular formula is C56H33N3. The third-order valence-electron chi connectivity index (χ3n) is 12.5. The van der Waals surface area contributed by atoms with Gasteiger partial charge in [-0.15, -0.1) is 0 Å². The fourth-order valence-corrected chi connectivity index (χ4v) is 9.73. The molecule has 0 atom stereocenters. The van der Waals surface area contributed by atoms with Crippen molar-refractivity contribution in [2.24, 2.45) is 0 Å². The van der Waals surface area contributed by atoms with Crippen LogP contribution in [-0.2, 0) is 0 Å². The first-order valence-corrected chi connectivity index (χ1v) is 20.2. The molecule has 0 aliphatic rings. The summed E-state index contributed by atoms with van der Waals surface area (Å²) in [5.74, 6) is 0.812. The summed E-state index contributed by atoms with van der Waals surface area (Å²) in [6.07, 6.45) is 0. The highest BCUT2D eigenvalue weighted by molar-refractivity contribution is 6.36. The summed E-state index contributed by atoms with van der Waals surface area (Å²) >= 11 is 0. The average Bonchev–Trinajstić information content (AvgIpc) is 3.63. The monoisotopic (exact) mass is 747 g/mol. The topological polar surface area (TPSA) is 30.7 Å². The first-order valence-electron chi connectivity index (χ1n) is 20.2. The first kappa shape index (κ1) is 32.2. The molecule has 0 radical (unpaired) electrons. The van der Waals surface area contributed by atoms with Crippen LogP contribution in [0.4, 0.5) is 0 Å². The van der Waals surface area contributed by atoms with E-state index in [0.29, 0.717) is 0 Å². The van der Waals surface area contributed by atoms with Gasteiger partial charge in [0.2, 0.25) is 0 Å². The Morgan fingerprint density at radius 3 is 1.59 bits per heavy atom. The minimum atomic E-state index is 0.812. The molecule has 3 nitrogen and oxygen atoms in total. The van der Waals surface area contributed by atoms with Gasteiger partial charge in [0.15, 0.2) is 5.82 Å². The van der Waals surface area contributed by atoms with E-state index >= 15 is 0 Å². The standard InChI is InChI=1S/C56H33N3/c1-2-13-38-31-41(26-23-34(38)11-1)35-21-24-37(25-22-35)54-56(58-55-42-16-6-5-12-36(42)27-29-49(55)57-54)59-50-30-28-47-45-19-8-7-17-43(45)44-18-9-10-20-46(44)52(47)53(50)48-32-39-14-3-4-15-40(39)33-51(48)59/h1-33H. The number of rotatable bonds is 3. The molecule has 2 heterocycles. The molecular weight excluding hydrogens is 715 g/mol. The van der Waals surface area contributed by atoms with Crippen LogP contribution in [-0.4, -0.2) is 14.5 Å². The molecule has 11 aromatic carbocycles. The Morgan fingerprint density at radius 1 is 0.305 bits per heavy atom. The molecule has 272 valence electrons. The number of hydrogen-bond acceptors (Lipinski definition) is 2. The maximum absolute atomic E-state index is 5.71. The van der Waals surface area contributed by atoms with E-state index in [1.807, 2.05) is 0 Å². The average molecular weight is 748 g/mol. The van der Waals surface area contributed by atoms with E-state index in [4.69, 9.17) is 9.97 Å². The fraction of sp³-hybridized carbons (Fsp3) is 0. The zero-order chi connectivity index (χ0) is 38.6. The lowest BCUT2D eigenvalue weighted by molar-refractivity contribution is 1.08. The smallest absolute Gasteiger partial charge is 0.165 e. The molecule has 2 aromatic heterocycles. The predicted octanol–water partition coefficient (Wildman–Crippen LogP) is 15.0. The van der Waals surface area contributed by atoms with E-state index in [1.165, 1.54) is 70.2 Å². The quantitative estimate of drug-likeness (QED) is 0.169. The van der Waals surface area contributed by atoms with Crippen molar-refractivity contribution in [3.8, 4) is 28.2 Å². The van der Waals surface area contributed by atoms with Gasteiger partial charge in [-0.3, -0.25) is 4.57 Å². The second-order valence-electron chi connectivity index (χ2n) is 15.7. The van der Waals surface area contributed by atoms with Crippen LogP contribution in [0.15, 0.2) is 200 Å². The van der Waals surface area contributed by atoms with Crippen molar-refractivity contribution in [1.82, 2.24) is 14.5 Å². The fourth-order valence-electron chi connectivity index (χ4n) is 9.73. The third kappa shape index (κ3) is 4.76. The van der Waals surface area contributed by atoms with Crippen LogP contribution >= 0.6 is 0 Å². The van der Waals surface area contributed by atoms with Crippen molar-refractivity contribution in [3.05, 3.63) is 200 Å². The van der Waals surface area contributed by atoms with Crippen molar-refractivity contribution in [1.29, 1.82) is 0 Å². The van der Waals surface area contributed by atoms with E-state index in [1.54, 1.807) is 0 Å². The van der Waals surface area contributed by atoms with Crippen molar-refractivity contribution >= 4 is 97.5 Å². The molecule has 0 fully saturated rings. The van der Waals surface area contributed by atoms with Crippen LogP contribution in [0.2, 0.25) is 0 Å². The Balaban J connectivity index is 1.16. The number of fused-ring (bicyclic) bond motifs is 15. The van der Waals surface area contributed by atoms with Gasteiger partial charge < -0.3 is 0 Å². The summed E-state index contributed by atoms with van der Waals surface area (Å²) in [6, 6.07) is 72.6. The summed E-state index contributed by atoms with van der Waals surface area (Å²) < 4.78 is 2.39. The Hall–Kier alpha value is -7.88. The minimum Gasteiger partial charge on any atom is -0.292 e. The second-order valence-corrected chi connectivity index (χ2v) is 15.7. The van der Waals surface area contributed by atoms with Gasteiger partial charge in [-0.2, -0.15) is 0 Å². The van der Waals surface area contributed by atoms with Crippen LogP contribution in [0.1, 0.15) is 0 Å². The number of aromatic nitrogens is 3. The molecule has 13 rings (SSSR count). The molecule has 0 saturated heterocycles. The molecule has 13 aromatic rings. The first-order chi connectivity index (χ1) is 29.2. The minimum absolute atomic E-state index is 0.812. The van der Waals surface area contributed by atoms with Crippen LogP contribution in [0.5, 0.6) is 0 Å². The van der Waals surface area contributed by atoms with Crippen molar-refractivity contribution in [3.63, 3.8) is 0 Å². The summed E-state index contributed by atoms with van der Waals surface area (Å²) in [5, 5.41) is 17.1. The lowest BCUT2D eigenvalue weighted by Gasteiger charge is -2.16. The molecule has 3 heteroatoms. The normalized spacial score (nSPS) is 12.1. The lowest BCUT2D eigenvalue weighted by atomic mass is 9.91. The van der Waals surface area contributed by atoms with Gasteiger partial charge in [0.25, 0.3) is 0 Å². The van der Waals surface area contributed by atoms with Crippen LogP contribution in [0.25, 0.3) is 126 Å². The van der Waals surface area contributed by atoms with E-state index in [-0.39, 0.29) is 0 Å². The molecule has 0 saturated carbocycles. The maximum atomic E-state index is 5.71. The SMILES string of the molecule is c1ccc2cc(-c3ccc(-c4nc5ccc6ccccc6c5nc4-n4c5cc6ccccc6cc5c5c6c7ccccc7c7ccccc7c6ccc54)cc3)ccc2c1. The van der Waals surface area contributed by atoms with Gasteiger partial charge in [-0.25, -0.2) is 9.97 Å². The molecule has 59 heavy (non-hydrogen) atoms. The van der Waals surface area contributed by atoms with Gasteiger partial charge >= 0.3 is 0 Å². The predicted molar refractivity (Wildman–Crippen MR) is 250 cm³/mol. The van der Waals surface area contributed by atoms with Gasteiger partial charge in [0.1, 0.15) is 5.69 Å². The zero-order valence-electron chi connectivity index (χ0n) is 31.9. The van der Waals surface area contributed by atoms with Crippen LogP contribution in [0, 0.1) is 0 Å². The highest BCUT2D eigenvalue weighted by atomic mass is 15.1. The largest absolute Gasteiger partial charge is 0.292 e. The van der Waals surface area contributed by atoms with Gasteiger partial charge in [-0.1, -0.05) is 170 Å². The Bertz CT molecular complexity index is 3860. The van der Waals surface area contributed by atoms with Crippen molar-refractivity contribution in [2.45, 2.75) is 0 Å². The number of nitrogens with zero attached hydrogens (tertiary/aromatic N) is 3. The van der Waals surface area contributed by atoms with E-state index in [9.17, 15) is 0 Å². The molecule has 0 unspecified atom stereocenters. The summed E-state index contributed by atoms with van der Waals surface area (Å²) in [7, 11) is 0. The number of hydrogen-bond donors (Lipinski definition) is 0. The Kier molecular flexibility index (Phi) is 6.72. The molecule has 0 N–H and O–H groups in total. The molecule has 0 bridgehead atoms. The van der Waals surface area contributed by atoms with Crippen molar-refractivity contribution in [2.75, 3.05) is 0 Å². The van der Waals surface area contributed by atoms with Gasteiger partial charge in [-0.05, 0) is 95.3 Å². The lowest BCUT2D eigenvalue weighted by Crippen LogP contribution is -2.04. The van der Waals surface area contributed by atoms with Crippen molar-refractivity contribution < 1.29 is 0 Å². The Labute approximate surface area is 339 Å². The number of benzene rings is 11. The van der Waals surface area contributed by atoms with Gasteiger partial charge in [0.05, 0.1) is 22.1 Å². The van der Waals surface area contributed by atoms with E-state index < -0.39 is 0 Å². The summed E-state index contributed by atoms with van der Waals surface area (Å²) in [4.78, 5) is 11.3. The van der Waals surface area contributed by atoms with Crippen LogP contribution < -0.4 is 0 Å². The van der Waals surface area contributed by atoms with E-state index in [0.717, 1.165) is 55.5 Å². The highest BCUT2D eigenvalue weighted by Gasteiger charge is 2.23. The zero-order valence-corrected chi connectivity index (χ0v) is 31.9. The second kappa shape index (κ2) is 12.3. The highest BCUT2D eigenvalue weighted by Crippen LogP contribution is 2.45. The molecule has 0 aliphatic carbocycles. The van der Waals surface area contributed by atoms with Crippen LogP contribution in [0.3, 0.4) is 0 Å². The van der Waals surface area contributed by atoms with E-state index in [2.05, 4.69) is 205 Å². The third-order valence-corrected chi connectivity index (χ3v) is 12.5. The molecule has 0 amide bonds. The summed E-state index contributed by atoms with van der Waals surface area (Å²) in [6.45, 7) is 0. The maximum Gasteiger partial charge on any atom is 0.165 e.